The number of benzene rings is 1. The Kier molecular flexibility index (Phi) is 4.39. The number of aryl methyl sites for hydroxylation is 1. The smallest absolute Gasteiger partial charge is 0.325 e. The predicted molar refractivity (Wildman–Crippen MR) is 73.6 cm³/mol. The maximum absolute atomic E-state index is 11.6. The lowest BCUT2D eigenvalue weighted by molar-refractivity contribution is -0.149. The first-order valence-electron chi connectivity index (χ1n) is 6.84. The highest BCUT2D eigenvalue weighted by Crippen LogP contribution is 2.30. The van der Waals surface area contributed by atoms with Crippen LogP contribution in [0.5, 0.6) is 0 Å². The molecule has 1 saturated heterocycles. The summed E-state index contributed by atoms with van der Waals surface area (Å²) in [6, 6.07) is 5.78. The molecule has 5 heteroatoms. The van der Waals surface area contributed by atoms with Crippen molar-refractivity contribution in [1.82, 2.24) is 4.90 Å². The third kappa shape index (κ3) is 2.82. The monoisotopic (exact) mass is 277 g/mol. The van der Waals surface area contributed by atoms with Crippen LogP contribution in [0.4, 0.5) is 0 Å². The molecule has 0 spiro atoms. The van der Waals surface area contributed by atoms with Crippen LogP contribution in [0.15, 0.2) is 24.3 Å². The van der Waals surface area contributed by atoms with Gasteiger partial charge in [-0.15, -0.1) is 0 Å². The minimum absolute atomic E-state index is 0.503. The van der Waals surface area contributed by atoms with Crippen LogP contribution in [0.25, 0.3) is 0 Å². The molecule has 0 amide bonds. The fraction of sp³-hybridized carbons (Fsp3) is 0.467. The molecule has 2 atom stereocenters. The predicted octanol–water partition coefficient (Wildman–Crippen LogP) is 1.92. The van der Waals surface area contributed by atoms with Crippen molar-refractivity contribution in [3.63, 3.8) is 0 Å². The van der Waals surface area contributed by atoms with Crippen molar-refractivity contribution in [2.75, 3.05) is 6.54 Å². The van der Waals surface area contributed by atoms with Crippen molar-refractivity contribution in [3.05, 3.63) is 35.4 Å². The zero-order chi connectivity index (χ0) is 14.7. The molecule has 5 nitrogen and oxygen atoms in total. The molecule has 1 aromatic carbocycles. The average molecular weight is 277 g/mol. The second kappa shape index (κ2) is 6.05. The molecule has 20 heavy (non-hydrogen) atoms. The van der Waals surface area contributed by atoms with Crippen LogP contribution in [-0.2, 0) is 16.0 Å². The van der Waals surface area contributed by atoms with Crippen LogP contribution >= 0.6 is 0 Å². The molecule has 0 bridgehead atoms. The zero-order valence-corrected chi connectivity index (χ0v) is 11.5. The molecular weight excluding hydrogens is 258 g/mol. The second-order valence-corrected chi connectivity index (χ2v) is 5.07. The Morgan fingerprint density at radius 3 is 2.45 bits per heavy atom. The number of hydrogen-bond acceptors (Lipinski definition) is 3. The van der Waals surface area contributed by atoms with Crippen LogP contribution in [-0.4, -0.2) is 39.6 Å². The highest BCUT2D eigenvalue weighted by atomic mass is 16.4. The first-order chi connectivity index (χ1) is 9.54. The van der Waals surface area contributed by atoms with Crippen LogP contribution in [0.2, 0.25) is 0 Å². The molecule has 1 aliphatic rings. The summed E-state index contributed by atoms with van der Waals surface area (Å²) in [6.07, 6.45) is 2.11. The minimum atomic E-state index is -0.998. The van der Waals surface area contributed by atoms with Crippen molar-refractivity contribution in [3.8, 4) is 0 Å². The third-order valence-electron chi connectivity index (χ3n) is 3.85. The van der Waals surface area contributed by atoms with Gasteiger partial charge >= 0.3 is 11.9 Å². The van der Waals surface area contributed by atoms with Crippen LogP contribution in [0.1, 0.15) is 36.9 Å². The lowest BCUT2D eigenvalue weighted by Gasteiger charge is -2.28. The molecule has 1 heterocycles. The summed E-state index contributed by atoms with van der Waals surface area (Å²) in [6.45, 7) is 2.54. The topological polar surface area (TPSA) is 77.8 Å². The van der Waals surface area contributed by atoms with Gasteiger partial charge in [0.05, 0.1) is 0 Å². The molecule has 0 aromatic heterocycles. The summed E-state index contributed by atoms with van der Waals surface area (Å²) in [5.74, 6) is -1.94. The van der Waals surface area contributed by atoms with Gasteiger partial charge in [-0.3, -0.25) is 14.5 Å². The Bertz CT molecular complexity index is 497. The van der Waals surface area contributed by atoms with Gasteiger partial charge in [-0.2, -0.15) is 0 Å². The molecule has 2 rings (SSSR count). The van der Waals surface area contributed by atoms with Crippen molar-refractivity contribution in [2.45, 2.75) is 38.3 Å². The fourth-order valence-electron chi connectivity index (χ4n) is 2.77. The van der Waals surface area contributed by atoms with Gasteiger partial charge < -0.3 is 10.2 Å². The van der Waals surface area contributed by atoms with E-state index < -0.39 is 24.0 Å². The van der Waals surface area contributed by atoms with E-state index in [9.17, 15) is 19.8 Å². The summed E-state index contributed by atoms with van der Waals surface area (Å²) in [4.78, 5) is 24.4. The van der Waals surface area contributed by atoms with Gasteiger partial charge in [0.2, 0.25) is 0 Å². The van der Waals surface area contributed by atoms with Crippen LogP contribution in [0.3, 0.4) is 0 Å². The Morgan fingerprint density at radius 1 is 1.30 bits per heavy atom. The first-order valence-corrected chi connectivity index (χ1v) is 6.84. The van der Waals surface area contributed by atoms with E-state index in [1.165, 1.54) is 0 Å². The van der Waals surface area contributed by atoms with Gasteiger partial charge in [-0.25, -0.2) is 0 Å². The van der Waals surface area contributed by atoms with E-state index in [1.54, 1.807) is 17.0 Å². The number of nitrogens with zero attached hydrogens (tertiary/aromatic N) is 1. The van der Waals surface area contributed by atoms with Crippen LogP contribution in [0, 0.1) is 0 Å². The van der Waals surface area contributed by atoms with E-state index in [2.05, 4.69) is 0 Å². The van der Waals surface area contributed by atoms with Crippen molar-refractivity contribution in [1.29, 1.82) is 0 Å². The Labute approximate surface area is 117 Å². The van der Waals surface area contributed by atoms with Crippen molar-refractivity contribution >= 4 is 11.9 Å². The lowest BCUT2D eigenvalue weighted by Crippen LogP contribution is -2.41. The number of likely N-dealkylation sites (tertiary alicyclic amines) is 1. The Morgan fingerprint density at radius 2 is 1.95 bits per heavy atom. The normalized spacial score (nSPS) is 20.8. The number of aliphatic carboxylic acids is 2. The number of carboxylic acids is 2. The largest absolute Gasteiger partial charge is 0.480 e. The summed E-state index contributed by atoms with van der Waals surface area (Å²) >= 11 is 0. The Balaban J connectivity index is 2.30. The van der Waals surface area contributed by atoms with E-state index in [1.807, 2.05) is 19.1 Å². The van der Waals surface area contributed by atoms with Gasteiger partial charge in [0, 0.05) is 6.54 Å². The molecule has 0 saturated carbocycles. The van der Waals surface area contributed by atoms with Gasteiger partial charge in [-0.1, -0.05) is 31.2 Å². The van der Waals surface area contributed by atoms with E-state index in [0.29, 0.717) is 24.9 Å². The van der Waals surface area contributed by atoms with Crippen molar-refractivity contribution in [2.24, 2.45) is 0 Å². The standard InChI is InChI=1S/C15H19NO4/c1-2-10-5-7-11(8-6-10)13(15(19)20)16-9-3-4-12(16)14(17)18/h5-8,12-13H,2-4,9H2,1H3,(H,17,18)(H,19,20). The molecule has 1 aromatic rings. The first kappa shape index (κ1) is 14.5. The highest BCUT2D eigenvalue weighted by molar-refractivity contribution is 5.79. The van der Waals surface area contributed by atoms with Gasteiger partial charge in [0.25, 0.3) is 0 Å². The second-order valence-electron chi connectivity index (χ2n) is 5.07. The average Bonchev–Trinajstić information content (AvgIpc) is 2.88. The quantitative estimate of drug-likeness (QED) is 0.859. The number of hydrogen-bond donors (Lipinski definition) is 2. The number of carbonyl (C=O) groups is 2. The molecule has 108 valence electrons. The molecule has 2 N–H and O–H groups in total. The molecule has 1 fully saturated rings. The van der Waals surface area contributed by atoms with Crippen LogP contribution < -0.4 is 0 Å². The van der Waals surface area contributed by atoms with E-state index >= 15 is 0 Å². The minimum Gasteiger partial charge on any atom is -0.480 e. The number of carboxylic acid groups (broad SMARTS) is 2. The van der Waals surface area contributed by atoms with E-state index in [0.717, 1.165) is 12.0 Å². The van der Waals surface area contributed by atoms with Crippen molar-refractivity contribution < 1.29 is 19.8 Å². The molecule has 0 aliphatic carbocycles. The summed E-state index contributed by atoms with van der Waals surface area (Å²) in [5.41, 5.74) is 1.77. The maximum Gasteiger partial charge on any atom is 0.325 e. The summed E-state index contributed by atoms with van der Waals surface area (Å²) in [5, 5.41) is 18.7. The maximum atomic E-state index is 11.6. The summed E-state index contributed by atoms with van der Waals surface area (Å²) in [7, 11) is 0. The highest BCUT2D eigenvalue weighted by Gasteiger charge is 2.39. The van der Waals surface area contributed by atoms with Gasteiger partial charge in [-0.05, 0) is 30.4 Å². The molecular formula is C15H19NO4. The molecule has 0 radical (unpaired) electrons. The SMILES string of the molecule is CCc1ccc(C(C(=O)O)N2CCCC2C(=O)O)cc1. The van der Waals surface area contributed by atoms with Gasteiger partial charge in [0.1, 0.15) is 12.1 Å². The van der Waals surface area contributed by atoms with E-state index in [-0.39, 0.29) is 0 Å². The third-order valence-corrected chi connectivity index (χ3v) is 3.85. The Hall–Kier alpha value is -1.88. The van der Waals surface area contributed by atoms with Gasteiger partial charge in [0.15, 0.2) is 0 Å². The van der Waals surface area contributed by atoms with E-state index in [4.69, 9.17) is 0 Å². The molecule has 1 aliphatic heterocycles. The fourth-order valence-corrected chi connectivity index (χ4v) is 2.77. The zero-order valence-electron chi connectivity index (χ0n) is 11.5. The summed E-state index contributed by atoms with van der Waals surface area (Å²) < 4.78 is 0. The number of rotatable bonds is 5. The lowest BCUT2D eigenvalue weighted by atomic mass is 10.0. The molecule has 2 unspecified atom stereocenters.